The molecule has 1 aliphatic rings. The van der Waals surface area contributed by atoms with E-state index < -0.39 is 0 Å². The maximum atomic E-state index is 6.18. The molecule has 1 aliphatic carbocycles. The smallest absolute Gasteiger partial charge is 0.0789 e. The molecule has 0 saturated heterocycles. The first-order valence-corrected chi connectivity index (χ1v) is 6.84. The van der Waals surface area contributed by atoms with Crippen molar-refractivity contribution < 1.29 is 4.84 Å². The molecule has 1 saturated carbocycles. The van der Waals surface area contributed by atoms with E-state index in [0.717, 1.165) is 36.3 Å². The first kappa shape index (κ1) is 13.7. The van der Waals surface area contributed by atoms with E-state index in [1.54, 1.807) is 0 Å². The molecule has 4 heteroatoms. The number of halogens is 1. The second-order valence-corrected chi connectivity index (χ2v) is 5.47. The van der Waals surface area contributed by atoms with Gasteiger partial charge >= 0.3 is 0 Å². The molecular formula is C14H21ClN2O. The van der Waals surface area contributed by atoms with Gasteiger partial charge in [-0.1, -0.05) is 17.7 Å². The Bertz CT molecular complexity index is 403. The van der Waals surface area contributed by atoms with Gasteiger partial charge in [-0.25, -0.2) is 5.90 Å². The van der Waals surface area contributed by atoms with Crippen molar-refractivity contribution in [3.05, 3.63) is 28.8 Å². The van der Waals surface area contributed by atoms with E-state index in [2.05, 4.69) is 24.9 Å². The molecule has 0 bridgehead atoms. The highest BCUT2D eigenvalue weighted by molar-refractivity contribution is 6.31. The van der Waals surface area contributed by atoms with Crippen LogP contribution in [0, 0.1) is 6.92 Å². The van der Waals surface area contributed by atoms with Crippen LogP contribution >= 0.6 is 11.6 Å². The van der Waals surface area contributed by atoms with Gasteiger partial charge in [0.05, 0.1) is 6.10 Å². The Morgan fingerprint density at radius 1 is 1.28 bits per heavy atom. The zero-order chi connectivity index (χ0) is 13.1. The zero-order valence-electron chi connectivity index (χ0n) is 11.0. The van der Waals surface area contributed by atoms with Gasteiger partial charge in [0.2, 0.25) is 0 Å². The molecule has 0 radical (unpaired) electrons. The Morgan fingerprint density at radius 3 is 2.56 bits per heavy atom. The third-order valence-corrected chi connectivity index (χ3v) is 4.41. The normalized spacial score (nSPS) is 24.0. The first-order chi connectivity index (χ1) is 8.63. The van der Waals surface area contributed by atoms with Crippen molar-refractivity contribution in [2.45, 2.75) is 44.8 Å². The second-order valence-electron chi connectivity index (χ2n) is 5.06. The summed E-state index contributed by atoms with van der Waals surface area (Å²) in [7, 11) is 2.15. The van der Waals surface area contributed by atoms with Crippen molar-refractivity contribution in [2.24, 2.45) is 5.90 Å². The second kappa shape index (κ2) is 5.91. The van der Waals surface area contributed by atoms with Crippen molar-refractivity contribution in [3.63, 3.8) is 0 Å². The predicted octanol–water partition coefficient (Wildman–Crippen LogP) is 3.29. The van der Waals surface area contributed by atoms with Crippen molar-refractivity contribution in [1.29, 1.82) is 0 Å². The maximum absolute atomic E-state index is 6.18. The molecule has 3 nitrogen and oxygen atoms in total. The van der Waals surface area contributed by atoms with Crippen molar-refractivity contribution in [1.82, 2.24) is 0 Å². The quantitative estimate of drug-likeness (QED) is 0.855. The third kappa shape index (κ3) is 2.79. The van der Waals surface area contributed by atoms with E-state index in [1.807, 2.05) is 12.1 Å². The number of nitrogens with two attached hydrogens (primary N) is 1. The monoisotopic (exact) mass is 268 g/mol. The molecule has 1 aromatic carbocycles. The molecule has 2 rings (SSSR count). The molecule has 0 heterocycles. The van der Waals surface area contributed by atoms with Crippen molar-refractivity contribution >= 4 is 17.3 Å². The van der Waals surface area contributed by atoms with Gasteiger partial charge in [-0.05, 0) is 50.3 Å². The molecule has 0 atom stereocenters. The number of nitrogens with zero attached hydrogens (tertiary/aromatic N) is 1. The summed E-state index contributed by atoms with van der Waals surface area (Å²) in [4.78, 5) is 7.27. The number of hydrogen-bond donors (Lipinski definition) is 1. The van der Waals surface area contributed by atoms with Crippen LogP contribution < -0.4 is 10.8 Å². The van der Waals surface area contributed by atoms with E-state index in [9.17, 15) is 0 Å². The molecular weight excluding hydrogens is 248 g/mol. The molecule has 0 unspecified atom stereocenters. The van der Waals surface area contributed by atoms with Crippen LogP contribution in [0.15, 0.2) is 18.2 Å². The lowest BCUT2D eigenvalue weighted by atomic mass is 9.91. The first-order valence-electron chi connectivity index (χ1n) is 6.47. The summed E-state index contributed by atoms with van der Waals surface area (Å²) in [5.41, 5.74) is 2.37. The Balaban J connectivity index is 2.08. The van der Waals surface area contributed by atoms with Gasteiger partial charge in [-0.2, -0.15) is 0 Å². The van der Waals surface area contributed by atoms with Crippen LogP contribution in [0.4, 0.5) is 5.69 Å². The molecule has 1 aromatic rings. The minimum absolute atomic E-state index is 0.232. The van der Waals surface area contributed by atoms with Gasteiger partial charge in [0, 0.05) is 23.8 Å². The molecule has 0 aliphatic heterocycles. The van der Waals surface area contributed by atoms with E-state index in [-0.39, 0.29) is 6.10 Å². The number of hydrogen-bond acceptors (Lipinski definition) is 3. The van der Waals surface area contributed by atoms with Crippen LogP contribution in [0.5, 0.6) is 0 Å². The van der Waals surface area contributed by atoms with Gasteiger partial charge in [0.15, 0.2) is 0 Å². The minimum Gasteiger partial charge on any atom is -0.371 e. The molecule has 100 valence electrons. The third-order valence-electron chi connectivity index (χ3n) is 4.00. The Hall–Kier alpha value is -0.770. The van der Waals surface area contributed by atoms with Gasteiger partial charge in [-0.3, -0.25) is 0 Å². The van der Waals surface area contributed by atoms with Gasteiger partial charge in [0.1, 0.15) is 0 Å². The maximum Gasteiger partial charge on any atom is 0.0789 e. The lowest BCUT2D eigenvalue weighted by Crippen LogP contribution is -2.38. The minimum atomic E-state index is 0.232. The summed E-state index contributed by atoms with van der Waals surface area (Å²) in [6.45, 7) is 2.07. The van der Waals surface area contributed by atoms with E-state index in [4.69, 9.17) is 22.3 Å². The van der Waals surface area contributed by atoms with Crippen LogP contribution in [0.25, 0.3) is 0 Å². The fourth-order valence-electron chi connectivity index (χ4n) is 2.74. The van der Waals surface area contributed by atoms with Crippen LogP contribution in [-0.4, -0.2) is 19.2 Å². The van der Waals surface area contributed by atoms with E-state index in [0.29, 0.717) is 6.04 Å². The van der Waals surface area contributed by atoms with E-state index >= 15 is 0 Å². The topological polar surface area (TPSA) is 38.5 Å². The highest BCUT2D eigenvalue weighted by atomic mass is 35.5. The van der Waals surface area contributed by atoms with E-state index in [1.165, 1.54) is 5.69 Å². The Labute approximate surface area is 114 Å². The highest BCUT2D eigenvalue weighted by Gasteiger charge is 2.25. The lowest BCUT2D eigenvalue weighted by molar-refractivity contribution is 0.0242. The molecule has 1 fully saturated rings. The summed E-state index contributed by atoms with van der Waals surface area (Å²) in [5, 5.41) is 0.832. The number of rotatable bonds is 3. The lowest BCUT2D eigenvalue weighted by Gasteiger charge is -2.36. The van der Waals surface area contributed by atoms with Crippen LogP contribution in [0.2, 0.25) is 5.02 Å². The summed E-state index contributed by atoms with van der Waals surface area (Å²) >= 11 is 6.18. The van der Waals surface area contributed by atoms with Gasteiger partial charge in [0.25, 0.3) is 0 Å². The summed E-state index contributed by atoms with van der Waals surface area (Å²) < 4.78 is 0. The zero-order valence-corrected chi connectivity index (χ0v) is 11.8. The SMILES string of the molecule is Cc1c(Cl)cccc1N(C)C1CCC(ON)CC1. The van der Waals surface area contributed by atoms with Crippen molar-refractivity contribution in [3.8, 4) is 0 Å². The number of benzene rings is 1. The molecule has 18 heavy (non-hydrogen) atoms. The fraction of sp³-hybridized carbons (Fsp3) is 0.571. The Morgan fingerprint density at radius 2 is 1.94 bits per heavy atom. The Kier molecular flexibility index (Phi) is 4.49. The van der Waals surface area contributed by atoms with Crippen molar-refractivity contribution in [2.75, 3.05) is 11.9 Å². The van der Waals surface area contributed by atoms with Gasteiger partial charge < -0.3 is 9.74 Å². The highest BCUT2D eigenvalue weighted by Crippen LogP contribution is 2.31. The molecule has 0 aromatic heterocycles. The molecule has 0 spiro atoms. The molecule has 2 N–H and O–H groups in total. The summed E-state index contributed by atoms with van der Waals surface area (Å²) in [6.07, 6.45) is 4.53. The largest absolute Gasteiger partial charge is 0.371 e. The van der Waals surface area contributed by atoms with Crippen LogP contribution in [0.3, 0.4) is 0 Å². The van der Waals surface area contributed by atoms with Gasteiger partial charge in [-0.15, -0.1) is 0 Å². The summed E-state index contributed by atoms with van der Waals surface area (Å²) in [5.74, 6) is 5.25. The number of anilines is 1. The standard InChI is InChI=1S/C14H21ClN2O/c1-10-13(15)4-3-5-14(10)17(2)11-6-8-12(18-16)9-7-11/h3-5,11-12H,6-9,16H2,1-2H3. The average molecular weight is 269 g/mol. The average Bonchev–Trinajstić information content (AvgIpc) is 2.41. The summed E-state index contributed by atoms with van der Waals surface area (Å²) in [6, 6.07) is 6.63. The van der Waals surface area contributed by atoms with Crippen LogP contribution in [-0.2, 0) is 4.84 Å². The van der Waals surface area contributed by atoms with Crippen LogP contribution in [0.1, 0.15) is 31.2 Å². The fourth-order valence-corrected chi connectivity index (χ4v) is 2.91. The molecule has 0 amide bonds. The predicted molar refractivity (Wildman–Crippen MR) is 75.9 cm³/mol.